The summed E-state index contributed by atoms with van der Waals surface area (Å²) >= 11 is 0. The summed E-state index contributed by atoms with van der Waals surface area (Å²) in [4.78, 5) is 0. The highest BCUT2D eigenvalue weighted by Crippen LogP contribution is 2.55. The van der Waals surface area contributed by atoms with Crippen LogP contribution in [0.15, 0.2) is 91.0 Å². The Balaban J connectivity index is 1.92. The molecule has 1 aliphatic heterocycles. The van der Waals surface area contributed by atoms with Crippen LogP contribution in [0.25, 0.3) is 16.6 Å². The molecular formula is C26H22N3O2-. The minimum Gasteiger partial charge on any atom is -0.625 e. The van der Waals surface area contributed by atoms with Crippen LogP contribution in [-0.2, 0) is 5.60 Å². The van der Waals surface area contributed by atoms with Crippen LogP contribution in [-0.4, -0.2) is 7.11 Å². The topological polar surface area (TPSA) is 84.6 Å². The second-order valence-electron chi connectivity index (χ2n) is 7.47. The molecule has 0 unspecified atom stereocenters. The maximum atomic E-state index is 6.89. The summed E-state index contributed by atoms with van der Waals surface area (Å²) in [7, 11) is 1.63. The van der Waals surface area contributed by atoms with Crippen LogP contribution < -0.4 is 21.1 Å². The van der Waals surface area contributed by atoms with Gasteiger partial charge in [0.25, 0.3) is 0 Å². The second-order valence-corrected chi connectivity index (χ2v) is 7.47. The Bertz CT molecular complexity index is 1200. The normalized spacial score (nSPS) is 13.5. The van der Waals surface area contributed by atoms with Crippen LogP contribution in [0, 0.1) is 0 Å². The number of nitrogen functional groups attached to an aromatic ring is 1. The van der Waals surface area contributed by atoms with E-state index < -0.39 is 5.60 Å². The molecule has 154 valence electrons. The number of nitrogens with two attached hydrogens (primary N) is 2. The largest absolute Gasteiger partial charge is 0.625 e. The minimum absolute atomic E-state index is 0.564. The van der Waals surface area contributed by atoms with Crippen molar-refractivity contribution in [2.45, 2.75) is 5.60 Å². The molecule has 0 radical (unpaired) electrons. The average Bonchev–Trinajstić information content (AvgIpc) is 2.83. The Kier molecular flexibility index (Phi) is 4.53. The van der Waals surface area contributed by atoms with Gasteiger partial charge in [-0.15, -0.1) is 5.69 Å². The molecule has 0 bridgehead atoms. The number of hydrogen-bond donors (Lipinski definition) is 2. The smallest absolute Gasteiger partial charge is 0.185 e. The van der Waals surface area contributed by atoms with Gasteiger partial charge in [0, 0.05) is 34.5 Å². The van der Waals surface area contributed by atoms with Crippen LogP contribution in [0.5, 0.6) is 11.5 Å². The molecule has 0 saturated heterocycles. The number of fused-ring (bicyclic) bond motifs is 3. The zero-order valence-corrected chi connectivity index (χ0v) is 17.1. The lowest BCUT2D eigenvalue weighted by atomic mass is 9.75. The summed E-state index contributed by atoms with van der Waals surface area (Å²) in [5.74, 6) is 6.91. The van der Waals surface area contributed by atoms with Crippen molar-refractivity contribution in [2.24, 2.45) is 5.84 Å². The van der Waals surface area contributed by atoms with E-state index in [0.29, 0.717) is 22.9 Å². The quantitative estimate of drug-likeness (QED) is 0.265. The minimum atomic E-state index is -0.878. The van der Waals surface area contributed by atoms with Gasteiger partial charge in [0.15, 0.2) is 5.60 Å². The van der Waals surface area contributed by atoms with E-state index in [9.17, 15) is 0 Å². The highest BCUT2D eigenvalue weighted by atomic mass is 16.5. The number of ether oxygens (including phenoxy) is 2. The molecule has 4 aromatic rings. The first-order valence-corrected chi connectivity index (χ1v) is 10.0. The molecule has 5 heteroatoms. The summed E-state index contributed by atoms with van der Waals surface area (Å²) in [5, 5.41) is 0. The highest BCUT2D eigenvalue weighted by Gasteiger charge is 2.45. The number of benzene rings is 4. The van der Waals surface area contributed by atoms with E-state index in [4.69, 9.17) is 21.1 Å². The third-order valence-corrected chi connectivity index (χ3v) is 5.73. The Hall–Kier alpha value is -3.96. The van der Waals surface area contributed by atoms with Gasteiger partial charge in [0.1, 0.15) is 11.5 Å². The van der Waals surface area contributed by atoms with E-state index in [1.54, 1.807) is 13.2 Å². The lowest BCUT2D eigenvalue weighted by Crippen LogP contribution is -2.38. The maximum absolute atomic E-state index is 6.89. The van der Waals surface area contributed by atoms with Gasteiger partial charge >= 0.3 is 0 Å². The molecule has 5 nitrogen and oxygen atoms in total. The van der Waals surface area contributed by atoms with Crippen molar-refractivity contribution in [3.63, 3.8) is 0 Å². The Morgan fingerprint density at radius 1 is 0.839 bits per heavy atom. The summed E-state index contributed by atoms with van der Waals surface area (Å²) in [6.07, 6.45) is 0. The first-order valence-electron chi connectivity index (χ1n) is 10.0. The van der Waals surface area contributed by atoms with Crippen LogP contribution in [0.4, 0.5) is 11.4 Å². The maximum Gasteiger partial charge on any atom is 0.185 e. The fourth-order valence-corrected chi connectivity index (χ4v) is 4.40. The van der Waals surface area contributed by atoms with Gasteiger partial charge in [-0.2, -0.15) is 0 Å². The van der Waals surface area contributed by atoms with Gasteiger partial charge in [-0.3, -0.25) is 0 Å². The molecule has 0 spiro atoms. The molecule has 0 fully saturated rings. The lowest BCUT2D eigenvalue weighted by Gasteiger charge is -2.42. The zero-order valence-electron chi connectivity index (χ0n) is 17.1. The van der Waals surface area contributed by atoms with Crippen molar-refractivity contribution in [3.8, 4) is 22.6 Å². The fourth-order valence-electron chi connectivity index (χ4n) is 4.40. The highest BCUT2D eigenvalue weighted by molar-refractivity contribution is 5.87. The van der Waals surface area contributed by atoms with Crippen molar-refractivity contribution < 1.29 is 9.47 Å². The first kappa shape index (κ1) is 19.0. The second kappa shape index (κ2) is 7.38. The van der Waals surface area contributed by atoms with Gasteiger partial charge in [-0.25, -0.2) is 0 Å². The van der Waals surface area contributed by atoms with Gasteiger partial charge in [-0.05, 0) is 5.56 Å². The van der Waals surface area contributed by atoms with Gasteiger partial charge in [-0.1, -0.05) is 78.9 Å². The Morgan fingerprint density at radius 2 is 1.48 bits per heavy atom. The number of hydrogen-bond acceptors (Lipinski definition) is 4. The van der Waals surface area contributed by atoms with E-state index in [1.807, 2.05) is 60.7 Å². The molecule has 4 aromatic carbocycles. The number of nitrogens with zero attached hydrogens (tertiary/aromatic N) is 1. The molecule has 1 heterocycles. The molecule has 0 atom stereocenters. The summed E-state index contributed by atoms with van der Waals surface area (Å²) in [6.45, 7) is 0. The molecule has 4 N–H and O–H groups in total. The summed E-state index contributed by atoms with van der Waals surface area (Å²) < 4.78 is 12.6. The van der Waals surface area contributed by atoms with Gasteiger partial charge in [0.05, 0.1) is 12.7 Å². The Morgan fingerprint density at radius 3 is 2.06 bits per heavy atom. The van der Waals surface area contributed by atoms with Gasteiger partial charge < -0.3 is 26.5 Å². The monoisotopic (exact) mass is 408 g/mol. The van der Waals surface area contributed by atoms with Crippen molar-refractivity contribution in [1.29, 1.82) is 0 Å². The van der Waals surface area contributed by atoms with E-state index in [2.05, 4.69) is 29.7 Å². The van der Waals surface area contributed by atoms with Crippen molar-refractivity contribution in [3.05, 3.63) is 113 Å². The van der Waals surface area contributed by atoms with E-state index >= 15 is 0 Å². The summed E-state index contributed by atoms with van der Waals surface area (Å²) in [5.41, 5.74) is 15.2. The van der Waals surface area contributed by atoms with Crippen molar-refractivity contribution >= 4 is 11.4 Å². The predicted molar refractivity (Wildman–Crippen MR) is 123 cm³/mol. The molecule has 5 rings (SSSR count). The van der Waals surface area contributed by atoms with Gasteiger partial charge in [0.2, 0.25) is 0 Å². The van der Waals surface area contributed by atoms with Crippen LogP contribution in [0.1, 0.15) is 16.7 Å². The molecule has 0 aromatic heterocycles. The van der Waals surface area contributed by atoms with Crippen LogP contribution in [0.2, 0.25) is 0 Å². The Labute approximate surface area is 181 Å². The first-order chi connectivity index (χ1) is 15.2. The number of rotatable bonds is 4. The SMILES string of the molecule is COc1cc(N)cc2c1-c1cc([N-]N)ccc1C(c1ccccc1)(c1ccccc1)O2. The van der Waals surface area contributed by atoms with Crippen molar-refractivity contribution in [2.75, 3.05) is 12.8 Å². The fraction of sp³-hybridized carbons (Fsp3) is 0.0769. The zero-order chi connectivity index (χ0) is 21.4. The van der Waals surface area contributed by atoms with E-state index in [0.717, 1.165) is 27.8 Å². The van der Waals surface area contributed by atoms with Crippen LogP contribution in [0.3, 0.4) is 0 Å². The third-order valence-electron chi connectivity index (χ3n) is 5.73. The molecule has 0 saturated carbocycles. The third kappa shape index (κ3) is 2.90. The van der Waals surface area contributed by atoms with Crippen molar-refractivity contribution in [1.82, 2.24) is 0 Å². The summed E-state index contributed by atoms with van der Waals surface area (Å²) in [6, 6.07) is 29.9. The molecular weight excluding hydrogens is 386 g/mol. The molecule has 1 aliphatic rings. The number of methoxy groups -OCH3 is 1. The van der Waals surface area contributed by atoms with E-state index in [-0.39, 0.29) is 0 Å². The van der Waals surface area contributed by atoms with E-state index in [1.165, 1.54) is 0 Å². The number of anilines is 1. The molecule has 31 heavy (non-hydrogen) atoms. The molecule has 0 aliphatic carbocycles. The standard InChI is InChI=1S/C26H22N3O2/c1-30-23-14-19(27)15-24-25(23)21-16-20(29-28)12-13-22(21)26(31-24,17-8-4-2-5-9-17)18-10-6-3-7-11-18/h2-16H,27-28H2,1H3/q-1. The average molecular weight is 408 g/mol. The molecule has 0 amide bonds. The lowest BCUT2D eigenvalue weighted by molar-refractivity contribution is 0.151. The predicted octanol–water partition coefficient (Wildman–Crippen LogP) is 5.51. The van der Waals surface area contributed by atoms with Crippen LogP contribution >= 0.6 is 0 Å².